The van der Waals surface area contributed by atoms with Gasteiger partial charge in [-0.25, -0.2) is 20.0 Å². The third kappa shape index (κ3) is 7.34. The molecule has 4 rings (SSSR count). The second-order valence-electron chi connectivity index (χ2n) is 11.7. The van der Waals surface area contributed by atoms with Gasteiger partial charge < -0.3 is 24.7 Å². The van der Waals surface area contributed by atoms with E-state index in [-0.39, 0.29) is 18.6 Å². The number of amides is 3. The minimum Gasteiger partial charge on any atom is -0.450 e. The fraction of sp³-hybridized carbons (Fsp3) is 0.414. The minimum absolute atomic E-state index is 0.000878. The van der Waals surface area contributed by atoms with Gasteiger partial charge in [-0.1, -0.05) is 73.3 Å². The van der Waals surface area contributed by atoms with Gasteiger partial charge in [-0.2, -0.15) is 0 Å². The number of β-lactam (4-membered cyclic amide) rings is 1. The van der Waals surface area contributed by atoms with Gasteiger partial charge in [0.2, 0.25) is 5.91 Å². The Kier molecular flexibility index (Phi) is 9.32. The SMILES string of the molecule is C[C@@]1(O)[C@H](OC(=O)c2ccccc2)C=NO[C@H]1[C@H]1[C@@H](NC(=O)Cc2ccccc2)C(=O)N1NC(=O)OCC[Si](C)(C)C. The summed E-state index contributed by atoms with van der Waals surface area (Å²) in [5.41, 5.74) is 1.48. The number of oxime groups is 1. The topological polar surface area (TPSA) is 156 Å². The second kappa shape index (κ2) is 12.7. The molecule has 13 heteroatoms. The van der Waals surface area contributed by atoms with E-state index < -0.39 is 61.8 Å². The summed E-state index contributed by atoms with van der Waals surface area (Å²) in [5, 5.41) is 19.1. The van der Waals surface area contributed by atoms with E-state index in [1.165, 1.54) is 6.92 Å². The standard InChI is InChI=1S/C29H36N4O8Si/c1-29(38)21(40-27(36)20-13-9-6-10-14-20)18-30-41-25(29)24-23(31-22(34)17-19-11-7-5-8-12-19)26(35)33(24)32-28(37)39-15-16-42(2,3)4/h5-14,18,21,23-25,38H,15-17H2,1-4H3,(H,31,34)(H,32,37)/t21-,23-,24-,25+,29-/m1/s1. The fourth-order valence-corrected chi connectivity index (χ4v) is 5.29. The lowest BCUT2D eigenvalue weighted by atomic mass is 9.80. The number of carbonyl (C=O) groups is 4. The maximum absolute atomic E-state index is 13.2. The van der Waals surface area contributed by atoms with Gasteiger partial charge in [0.05, 0.1) is 24.8 Å². The molecule has 2 aromatic carbocycles. The van der Waals surface area contributed by atoms with Gasteiger partial charge in [0, 0.05) is 8.07 Å². The van der Waals surface area contributed by atoms with E-state index in [1.807, 2.05) is 6.07 Å². The summed E-state index contributed by atoms with van der Waals surface area (Å²) in [5.74, 6) is -1.80. The highest BCUT2D eigenvalue weighted by molar-refractivity contribution is 6.76. The van der Waals surface area contributed by atoms with Crippen molar-refractivity contribution in [2.75, 3.05) is 6.61 Å². The van der Waals surface area contributed by atoms with Crippen molar-refractivity contribution in [2.24, 2.45) is 5.16 Å². The number of rotatable bonds is 10. The summed E-state index contributed by atoms with van der Waals surface area (Å²) >= 11 is 0. The number of hydrazine groups is 1. The van der Waals surface area contributed by atoms with E-state index in [2.05, 4.69) is 35.5 Å². The van der Waals surface area contributed by atoms with Gasteiger partial charge in [0.15, 0.2) is 12.2 Å². The van der Waals surface area contributed by atoms with Crippen LogP contribution in [-0.2, 0) is 30.3 Å². The molecule has 0 aliphatic carbocycles. The Hall–Kier alpha value is -4.23. The molecule has 0 spiro atoms. The molecule has 1 saturated heterocycles. The summed E-state index contributed by atoms with van der Waals surface area (Å²) in [6.45, 7) is 7.94. The van der Waals surface area contributed by atoms with Gasteiger partial charge in [-0.05, 0) is 30.7 Å². The Balaban J connectivity index is 1.52. The summed E-state index contributed by atoms with van der Waals surface area (Å²) < 4.78 is 10.8. The van der Waals surface area contributed by atoms with Crippen molar-refractivity contribution < 1.29 is 38.6 Å². The highest BCUT2D eigenvalue weighted by Crippen LogP contribution is 2.34. The Morgan fingerprint density at radius 1 is 1.07 bits per heavy atom. The number of nitrogens with zero attached hydrogens (tertiary/aromatic N) is 2. The van der Waals surface area contributed by atoms with Crippen LogP contribution in [0.2, 0.25) is 25.7 Å². The van der Waals surface area contributed by atoms with Crippen LogP contribution in [0.3, 0.4) is 0 Å². The van der Waals surface area contributed by atoms with Crippen molar-refractivity contribution in [3.05, 3.63) is 71.8 Å². The van der Waals surface area contributed by atoms with Crippen LogP contribution in [0.1, 0.15) is 22.8 Å². The average molecular weight is 597 g/mol. The molecule has 5 atom stereocenters. The van der Waals surface area contributed by atoms with Crippen LogP contribution in [-0.4, -0.2) is 84.8 Å². The summed E-state index contributed by atoms with van der Waals surface area (Å²) in [6.07, 6.45) is -2.32. The molecule has 3 amide bonds. The van der Waals surface area contributed by atoms with Crippen LogP contribution >= 0.6 is 0 Å². The highest BCUT2D eigenvalue weighted by atomic mass is 28.3. The molecule has 0 aromatic heterocycles. The third-order valence-electron chi connectivity index (χ3n) is 7.04. The summed E-state index contributed by atoms with van der Waals surface area (Å²) in [4.78, 5) is 57.0. The number of carbonyl (C=O) groups excluding carboxylic acids is 4. The van der Waals surface area contributed by atoms with Gasteiger partial charge in [0.25, 0.3) is 5.91 Å². The van der Waals surface area contributed by atoms with E-state index in [0.29, 0.717) is 0 Å². The fourth-order valence-electron chi connectivity index (χ4n) is 4.57. The van der Waals surface area contributed by atoms with Crippen molar-refractivity contribution in [1.29, 1.82) is 0 Å². The quantitative estimate of drug-likeness (QED) is 0.214. The van der Waals surface area contributed by atoms with Gasteiger partial charge >= 0.3 is 12.1 Å². The van der Waals surface area contributed by atoms with Crippen LogP contribution in [0, 0.1) is 0 Å². The number of hydrogen-bond donors (Lipinski definition) is 3. The molecule has 2 aliphatic rings. The zero-order valence-electron chi connectivity index (χ0n) is 24.0. The maximum Gasteiger partial charge on any atom is 0.426 e. The Labute approximate surface area is 245 Å². The molecule has 224 valence electrons. The Morgan fingerprint density at radius 2 is 1.71 bits per heavy atom. The van der Waals surface area contributed by atoms with E-state index >= 15 is 0 Å². The maximum atomic E-state index is 13.2. The molecule has 0 unspecified atom stereocenters. The van der Waals surface area contributed by atoms with Crippen LogP contribution in [0.5, 0.6) is 0 Å². The van der Waals surface area contributed by atoms with Crippen LogP contribution in [0.4, 0.5) is 4.79 Å². The van der Waals surface area contributed by atoms with Gasteiger partial charge in [-0.15, -0.1) is 0 Å². The number of nitrogens with one attached hydrogen (secondary N) is 2. The first kappa shape index (κ1) is 30.7. The van der Waals surface area contributed by atoms with Gasteiger partial charge in [0.1, 0.15) is 17.7 Å². The number of aliphatic hydroxyl groups is 1. The molecule has 2 aliphatic heterocycles. The molecular weight excluding hydrogens is 560 g/mol. The normalized spacial score (nSPS) is 25.1. The lowest BCUT2D eigenvalue weighted by molar-refractivity contribution is -0.207. The van der Waals surface area contributed by atoms with E-state index in [9.17, 15) is 24.3 Å². The van der Waals surface area contributed by atoms with E-state index in [0.717, 1.165) is 22.8 Å². The van der Waals surface area contributed by atoms with Crippen molar-refractivity contribution >= 4 is 38.2 Å². The van der Waals surface area contributed by atoms with Crippen LogP contribution in [0.25, 0.3) is 0 Å². The number of ether oxygens (including phenoxy) is 2. The largest absolute Gasteiger partial charge is 0.450 e. The monoisotopic (exact) mass is 596 g/mol. The zero-order valence-corrected chi connectivity index (χ0v) is 25.0. The molecule has 2 aromatic rings. The molecule has 3 N–H and O–H groups in total. The predicted octanol–water partition coefficient (Wildman–Crippen LogP) is 2.27. The smallest absolute Gasteiger partial charge is 0.426 e. The van der Waals surface area contributed by atoms with Crippen molar-refractivity contribution in [1.82, 2.24) is 15.8 Å². The predicted molar refractivity (Wildman–Crippen MR) is 155 cm³/mol. The molecule has 2 heterocycles. The van der Waals surface area contributed by atoms with Crippen molar-refractivity contribution in [3.8, 4) is 0 Å². The Morgan fingerprint density at radius 3 is 2.36 bits per heavy atom. The average Bonchev–Trinajstić information content (AvgIpc) is 2.94. The lowest BCUT2D eigenvalue weighted by Crippen LogP contribution is -2.81. The number of esters is 1. The van der Waals surface area contributed by atoms with Crippen molar-refractivity contribution in [2.45, 2.75) is 68.9 Å². The highest BCUT2D eigenvalue weighted by Gasteiger charge is 2.62. The molecule has 42 heavy (non-hydrogen) atoms. The first-order valence-electron chi connectivity index (χ1n) is 13.6. The Bertz CT molecular complexity index is 1320. The molecule has 0 radical (unpaired) electrons. The summed E-state index contributed by atoms with van der Waals surface area (Å²) in [7, 11) is -1.48. The number of hydrogen-bond acceptors (Lipinski definition) is 9. The van der Waals surface area contributed by atoms with Gasteiger partial charge in [-0.3, -0.25) is 9.59 Å². The lowest BCUT2D eigenvalue weighted by Gasteiger charge is -2.52. The van der Waals surface area contributed by atoms with Crippen molar-refractivity contribution in [3.63, 3.8) is 0 Å². The molecule has 0 bridgehead atoms. The molecule has 1 fully saturated rings. The first-order valence-corrected chi connectivity index (χ1v) is 17.3. The van der Waals surface area contributed by atoms with Crippen LogP contribution in [0.15, 0.2) is 65.8 Å². The molecule has 0 saturated carbocycles. The van der Waals surface area contributed by atoms with E-state index in [1.54, 1.807) is 54.6 Å². The zero-order chi connectivity index (χ0) is 30.5. The third-order valence-corrected chi connectivity index (χ3v) is 8.74. The molecule has 12 nitrogen and oxygen atoms in total. The second-order valence-corrected chi connectivity index (χ2v) is 17.3. The minimum atomic E-state index is -1.93. The van der Waals surface area contributed by atoms with E-state index in [4.69, 9.17) is 14.3 Å². The van der Waals surface area contributed by atoms with Crippen LogP contribution < -0.4 is 10.7 Å². The summed E-state index contributed by atoms with van der Waals surface area (Å²) in [6, 6.07) is 15.6. The molecular formula is C29H36N4O8Si. The number of benzene rings is 2. The first-order chi connectivity index (χ1) is 19.9.